The number of pyridine rings is 1. The third kappa shape index (κ3) is 3.23. The van der Waals surface area contributed by atoms with Crippen LogP contribution >= 0.6 is 0 Å². The molecule has 0 fully saturated rings. The summed E-state index contributed by atoms with van der Waals surface area (Å²) < 4.78 is 0. The molecule has 1 rings (SSSR count). The van der Waals surface area contributed by atoms with Crippen LogP contribution in [0.5, 0.6) is 0 Å². The van der Waals surface area contributed by atoms with E-state index in [4.69, 9.17) is 0 Å². The molecular formula is C9H15N. The van der Waals surface area contributed by atoms with Crippen LogP contribution < -0.4 is 0 Å². The lowest BCUT2D eigenvalue weighted by atomic mass is 10.2. The van der Waals surface area contributed by atoms with Crippen molar-refractivity contribution in [2.75, 3.05) is 0 Å². The summed E-state index contributed by atoms with van der Waals surface area (Å²) in [6, 6.07) is 2.10. The van der Waals surface area contributed by atoms with Gasteiger partial charge < -0.3 is 0 Å². The fourth-order valence-electron chi connectivity index (χ4n) is 0.706. The van der Waals surface area contributed by atoms with Crippen molar-refractivity contribution in [1.82, 2.24) is 4.98 Å². The third-order valence-electron chi connectivity index (χ3n) is 1.01. The maximum atomic E-state index is 3.98. The molecule has 0 aliphatic carbocycles. The molecule has 0 spiro atoms. The first-order valence-corrected chi connectivity index (χ1v) is 3.67. The van der Waals surface area contributed by atoms with E-state index in [1.54, 1.807) is 0 Å². The normalized spacial score (nSPS) is 8.00. The monoisotopic (exact) mass is 137 g/mol. The zero-order chi connectivity index (χ0) is 7.98. The molecule has 56 valence electrons. The topological polar surface area (TPSA) is 12.9 Å². The second-order valence-corrected chi connectivity index (χ2v) is 2.04. The van der Waals surface area contributed by atoms with Gasteiger partial charge in [-0.3, -0.25) is 4.98 Å². The van der Waals surface area contributed by atoms with Crippen LogP contribution in [0.1, 0.15) is 25.0 Å². The van der Waals surface area contributed by atoms with Crippen LogP contribution in [0.15, 0.2) is 18.5 Å². The van der Waals surface area contributed by atoms with E-state index in [2.05, 4.69) is 11.1 Å². The molecule has 1 heterocycles. The average molecular weight is 137 g/mol. The highest BCUT2D eigenvalue weighted by Crippen LogP contribution is 1.96. The molecule has 1 nitrogen and oxygen atoms in total. The first-order valence-electron chi connectivity index (χ1n) is 3.67. The van der Waals surface area contributed by atoms with Gasteiger partial charge in [-0.2, -0.15) is 0 Å². The van der Waals surface area contributed by atoms with E-state index < -0.39 is 0 Å². The van der Waals surface area contributed by atoms with E-state index in [0.29, 0.717) is 0 Å². The van der Waals surface area contributed by atoms with Gasteiger partial charge in [0.15, 0.2) is 0 Å². The second kappa shape index (κ2) is 4.98. The number of nitrogens with zero attached hydrogens (tertiary/aromatic N) is 1. The second-order valence-electron chi connectivity index (χ2n) is 2.04. The Labute approximate surface area is 63.1 Å². The highest BCUT2D eigenvalue weighted by Gasteiger charge is 1.81. The van der Waals surface area contributed by atoms with Crippen molar-refractivity contribution < 1.29 is 0 Å². The molecule has 0 bridgehead atoms. The first-order chi connectivity index (χ1) is 4.79. The molecule has 0 atom stereocenters. The van der Waals surface area contributed by atoms with Gasteiger partial charge in [0.1, 0.15) is 0 Å². The van der Waals surface area contributed by atoms with E-state index in [1.165, 1.54) is 11.1 Å². The molecule has 0 aromatic carbocycles. The van der Waals surface area contributed by atoms with E-state index in [1.807, 2.05) is 40.1 Å². The maximum absolute atomic E-state index is 3.98. The van der Waals surface area contributed by atoms with Crippen LogP contribution in [0.25, 0.3) is 0 Å². The number of rotatable bonds is 0. The molecule has 1 aromatic rings. The zero-order valence-electron chi connectivity index (χ0n) is 7.18. The van der Waals surface area contributed by atoms with Gasteiger partial charge in [-0.15, -0.1) is 0 Å². The van der Waals surface area contributed by atoms with Gasteiger partial charge in [-0.25, -0.2) is 0 Å². The highest BCUT2D eigenvalue weighted by atomic mass is 14.6. The molecule has 1 aromatic heterocycles. The summed E-state index contributed by atoms with van der Waals surface area (Å²) in [5, 5.41) is 0. The van der Waals surface area contributed by atoms with Gasteiger partial charge >= 0.3 is 0 Å². The Kier molecular flexibility index (Phi) is 4.55. The van der Waals surface area contributed by atoms with Gasteiger partial charge in [0.05, 0.1) is 0 Å². The Morgan fingerprint density at radius 3 is 1.60 bits per heavy atom. The molecule has 0 unspecified atom stereocenters. The Bertz CT molecular complexity index is 165. The quantitative estimate of drug-likeness (QED) is 0.535. The van der Waals surface area contributed by atoms with Crippen LogP contribution in [-0.2, 0) is 0 Å². The zero-order valence-corrected chi connectivity index (χ0v) is 7.18. The van der Waals surface area contributed by atoms with Gasteiger partial charge in [0, 0.05) is 12.4 Å². The first kappa shape index (κ1) is 9.15. The molecule has 0 aliphatic heterocycles. The van der Waals surface area contributed by atoms with Crippen molar-refractivity contribution >= 4 is 0 Å². The summed E-state index contributed by atoms with van der Waals surface area (Å²) in [5.41, 5.74) is 2.45. The van der Waals surface area contributed by atoms with Crippen molar-refractivity contribution in [3.63, 3.8) is 0 Å². The predicted octanol–water partition coefficient (Wildman–Crippen LogP) is 2.72. The van der Waals surface area contributed by atoms with Gasteiger partial charge in [0.2, 0.25) is 0 Å². The minimum absolute atomic E-state index is 1.23. The molecule has 0 amide bonds. The molecule has 1 heteroatoms. The summed E-state index contributed by atoms with van der Waals surface area (Å²) >= 11 is 0. The smallest absolute Gasteiger partial charge is 0.0297 e. The average Bonchev–Trinajstić information content (AvgIpc) is 1.91. The van der Waals surface area contributed by atoms with Crippen molar-refractivity contribution in [2.45, 2.75) is 27.7 Å². The Balaban J connectivity index is 0.000000371. The summed E-state index contributed by atoms with van der Waals surface area (Å²) in [7, 11) is 0. The van der Waals surface area contributed by atoms with Crippen LogP contribution in [0.2, 0.25) is 0 Å². The minimum Gasteiger partial charge on any atom is -0.264 e. The summed E-state index contributed by atoms with van der Waals surface area (Å²) in [6.07, 6.45) is 3.71. The third-order valence-corrected chi connectivity index (χ3v) is 1.01. The minimum atomic E-state index is 1.23. The lowest BCUT2D eigenvalue weighted by molar-refractivity contribution is 1.22. The lowest BCUT2D eigenvalue weighted by Gasteiger charge is -1.89. The number of hydrogen-bond acceptors (Lipinski definition) is 1. The number of aromatic nitrogens is 1. The van der Waals surface area contributed by atoms with Crippen LogP contribution in [0.4, 0.5) is 0 Å². The van der Waals surface area contributed by atoms with E-state index in [9.17, 15) is 0 Å². The summed E-state index contributed by atoms with van der Waals surface area (Å²) in [6.45, 7) is 8.08. The molecule has 10 heavy (non-hydrogen) atoms. The standard InChI is InChI=1S/C7H9N.C2H6/c1-6-3-7(2)5-8-4-6;1-2/h3-5H,1-2H3;1-2H3. The van der Waals surface area contributed by atoms with Gasteiger partial charge in [-0.05, 0) is 25.0 Å². The fraction of sp³-hybridized carbons (Fsp3) is 0.444. The van der Waals surface area contributed by atoms with Crippen LogP contribution in [0.3, 0.4) is 0 Å². The SMILES string of the molecule is CC.Cc1cncc(C)c1. The van der Waals surface area contributed by atoms with E-state index in [-0.39, 0.29) is 0 Å². The van der Waals surface area contributed by atoms with Gasteiger partial charge in [0.25, 0.3) is 0 Å². The van der Waals surface area contributed by atoms with E-state index >= 15 is 0 Å². The van der Waals surface area contributed by atoms with E-state index in [0.717, 1.165) is 0 Å². The molecule has 0 aliphatic rings. The van der Waals surface area contributed by atoms with Crippen LogP contribution in [-0.4, -0.2) is 4.98 Å². The summed E-state index contributed by atoms with van der Waals surface area (Å²) in [4.78, 5) is 3.98. The van der Waals surface area contributed by atoms with Crippen molar-refractivity contribution in [1.29, 1.82) is 0 Å². The van der Waals surface area contributed by atoms with Crippen molar-refractivity contribution in [3.05, 3.63) is 29.6 Å². The summed E-state index contributed by atoms with van der Waals surface area (Å²) in [5.74, 6) is 0. The highest BCUT2D eigenvalue weighted by molar-refractivity contribution is 5.14. The fourth-order valence-corrected chi connectivity index (χ4v) is 0.706. The largest absolute Gasteiger partial charge is 0.264 e. The number of hydrogen-bond donors (Lipinski definition) is 0. The van der Waals surface area contributed by atoms with Gasteiger partial charge in [-0.1, -0.05) is 19.9 Å². The van der Waals surface area contributed by atoms with Crippen molar-refractivity contribution in [2.24, 2.45) is 0 Å². The lowest BCUT2D eigenvalue weighted by Crippen LogP contribution is -1.76. The molecule has 0 saturated carbocycles. The Morgan fingerprint density at radius 1 is 1.00 bits per heavy atom. The predicted molar refractivity (Wildman–Crippen MR) is 45.1 cm³/mol. The Hall–Kier alpha value is -0.850. The number of aryl methyl sites for hydroxylation is 2. The van der Waals surface area contributed by atoms with Crippen molar-refractivity contribution in [3.8, 4) is 0 Å². The molecule has 0 radical (unpaired) electrons. The molecule has 0 N–H and O–H groups in total. The maximum Gasteiger partial charge on any atom is 0.0297 e. The Morgan fingerprint density at radius 2 is 1.40 bits per heavy atom. The van der Waals surface area contributed by atoms with Crippen LogP contribution in [0, 0.1) is 13.8 Å². The molecular weight excluding hydrogens is 122 g/mol. The molecule has 0 saturated heterocycles.